The lowest BCUT2D eigenvalue weighted by Gasteiger charge is -1.93. The van der Waals surface area contributed by atoms with E-state index in [1.807, 2.05) is 12.1 Å². The van der Waals surface area contributed by atoms with Gasteiger partial charge in [-0.3, -0.25) is 20.2 Å². The highest BCUT2D eigenvalue weighted by Gasteiger charge is 2.11. The average Bonchev–Trinajstić information content (AvgIpc) is 3.15. The van der Waals surface area contributed by atoms with Gasteiger partial charge in [0.15, 0.2) is 5.82 Å². The predicted molar refractivity (Wildman–Crippen MR) is 80.1 cm³/mol. The predicted octanol–water partition coefficient (Wildman–Crippen LogP) is 3.13. The summed E-state index contributed by atoms with van der Waals surface area (Å²) in [5.74, 6) is 1.25. The zero-order chi connectivity index (χ0) is 14.7. The lowest BCUT2D eigenvalue weighted by atomic mass is 10.3. The Morgan fingerprint density at radius 1 is 1.48 bits per heavy atom. The Kier molecular flexibility index (Phi) is 3.93. The Bertz CT molecular complexity index is 756. The smallest absolute Gasteiger partial charge is 0.264 e. The minimum Gasteiger partial charge on any atom is -0.264 e. The molecule has 7 nitrogen and oxygen atoms in total. The van der Waals surface area contributed by atoms with Crippen molar-refractivity contribution in [3.8, 4) is 11.4 Å². The molecule has 21 heavy (non-hydrogen) atoms. The molecule has 3 heterocycles. The molecule has 0 unspecified atom stereocenters. The maximum atomic E-state index is 10.6. The lowest BCUT2D eigenvalue weighted by molar-refractivity contribution is -0.380. The number of aromatic amines is 1. The van der Waals surface area contributed by atoms with Crippen LogP contribution in [0.5, 0.6) is 0 Å². The fraction of sp³-hybridized carbons (Fsp3) is 0.0833. The number of nitrogens with zero attached hydrogens (tertiary/aromatic N) is 4. The number of thiophene rings is 1. The Balaban J connectivity index is 1.66. The van der Waals surface area contributed by atoms with Crippen molar-refractivity contribution < 1.29 is 4.92 Å². The summed E-state index contributed by atoms with van der Waals surface area (Å²) in [7, 11) is 0. The van der Waals surface area contributed by atoms with Gasteiger partial charge in [-0.1, -0.05) is 23.1 Å². The fourth-order valence-corrected chi connectivity index (χ4v) is 3.19. The van der Waals surface area contributed by atoms with E-state index < -0.39 is 0 Å². The van der Waals surface area contributed by atoms with Crippen molar-refractivity contribution in [3.05, 3.63) is 51.7 Å². The number of pyridine rings is 1. The number of hydrogen-bond donors (Lipinski definition) is 1. The number of nitrogens with one attached hydrogen (secondary N) is 1. The van der Waals surface area contributed by atoms with E-state index in [9.17, 15) is 10.1 Å². The van der Waals surface area contributed by atoms with Crippen LogP contribution in [0, 0.1) is 10.1 Å². The van der Waals surface area contributed by atoms with Gasteiger partial charge in [0, 0.05) is 35.2 Å². The van der Waals surface area contributed by atoms with Crippen molar-refractivity contribution in [2.45, 2.75) is 10.9 Å². The van der Waals surface area contributed by atoms with Crippen molar-refractivity contribution in [3.63, 3.8) is 0 Å². The molecule has 0 aromatic carbocycles. The molecule has 0 aliphatic rings. The molecular formula is C12H9N5O2S2. The Labute approximate surface area is 127 Å². The van der Waals surface area contributed by atoms with E-state index in [1.165, 1.54) is 11.8 Å². The number of thioether (sulfide) groups is 1. The molecule has 0 amide bonds. The molecular weight excluding hydrogens is 310 g/mol. The van der Waals surface area contributed by atoms with Gasteiger partial charge in [-0.05, 0) is 17.7 Å². The van der Waals surface area contributed by atoms with Crippen LogP contribution in [0.1, 0.15) is 5.56 Å². The van der Waals surface area contributed by atoms with E-state index in [4.69, 9.17) is 0 Å². The minimum absolute atomic E-state index is 0.150. The quantitative estimate of drug-likeness (QED) is 0.441. The topological polar surface area (TPSA) is 97.6 Å². The normalized spacial score (nSPS) is 10.7. The molecule has 0 atom stereocenters. The first-order chi connectivity index (χ1) is 10.2. The van der Waals surface area contributed by atoms with Crippen LogP contribution in [0.2, 0.25) is 0 Å². The third-order valence-electron chi connectivity index (χ3n) is 2.59. The molecule has 0 saturated carbocycles. The van der Waals surface area contributed by atoms with Crippen molar-refractivity contribution in [1.29, 1.82) is 0 Å². The van der Waals surface area contributed by atoms with Crippen LogP contribution in [0.3, 0.4) is 0 Å². The Hall–Kier alpha value is -2.26. The lowest BCUT2D eigenvalue weighted by Crippen LogP contribution is -1.83. The summed E-state index contributed by atoms with van der Waals surface area (Å²) in [6.07, 6.45) is 3.40. The van der Waals surface area contributed by atoms with Crippen molar-refractivity contribution >= 4 is 28.1 Å². The van der Waals surface area contributed by atoms with Crippen LogP contribution >= 0.6 is 23.1 Å². The molecule has 1 N–H and O–H groups in total. The third kappa shape index (κ3) is 3.26. The Morgan fingerprint density at radius 2 is 2.38 bits per heavy atom. The number of hydrogen-bond acceptors (Lipinski definition) is 7. The molecule has 0 spiro atoms. The summed E-state index contributed by atoms with van der Waals surface area (Å²) in [4.78, 5) is 18.6. The monoisotopic (exact) mass is 319 g/mol. The first-order valence-corrected chi connectivity index (χ1v) is 7.76. The van der Waals surface area contributed by atoms with Gasteiger partial charge in [0.25, 0.3) is 0 Å². The number of aromatic nitrogens is 4. The van der Waals surface area contributed by atoms with Gasteiger partial charge in [0.1, 0.15) is 0 Å². The molecule has 0 aliphatic heterocycles. The van der Waals surface area contributed by atoms with Crippen molar-refractivity contribution in [2.75, 3.05) is 0 Å². The number of nitro groups is 1. The van der Waals surface area contributed by atoms with E-state index >= 15 is 0 Å². The zero-order valence-corrected chi connectivity index (χ0v) is 12.2. The van der Waals surface area contributed by atoms with Gasteiger partial charge in [-0.25, -0.2) is 4.98 Å². The average molecular weight is 319 g/mol. The number of rotatable bonds is 5. The first-order valence-electron chi connectivity index (χ1n) is 5.90. The van der Waals surface area contributed by atoms with Gasteiger partial charge in [0.2, 0.25) is 5.16 Å². The first kappa shape index (κ1) is 13.7. The van der Waals surface area contributed by atoms with Crippen LogP contribution in [0.15, 0.2) is 41.1 Å². The molecule has 106 valence electrons. The van der Waals surface area contributed by atoms with Crippen LogP contribution in [-0.2, 0) is 5.75 Å². The van der Waals surface area contributed by atoms with Gasteiger partial charge in [-0.15, -0.1) is 5.10 Å². The van der Waals surface area contributed by atoms with Crippen LogP contribution in [0.25, 0.3) is 11.4 Å². The second-order valence-corrected chi connectivity index (χ2v) is 5.88. The zero-order valence-electron chi connectivity index (χ0n) is 10.6. The van der Waals surface area contributed by atoms with Gasteiger partial charge < -0.3 is 0 Å². The molecule has 3 aromatic heterocycles. The second kappa shape index (κ2) is 6.02. The molecule has 0 radical (unpaired) electrons. The molecule has 0 saturated heterocycles. The Morgan fingerprint density at radius 3 is 3.10 bits per heavy atom. The summed E-state index contributed by atoms with van der Waals surface area (Å²) in [5.41, 5.74) is 1.76. The summed E-state index contributed by atoms with van der Waals surface area (Å²) in [6, 6.07) is 5.30. The highest BCUT2D eigenvalue weighted by atomic mass is 32.2. The third-order valence-corrected chi connectivity index (χ3v) is 4.44. The SMILES string of the molecule is O=[N+]([O-])c1cc(CSc2n[nH]c(-c3cccnc3)n2)cs1. The van der Waals surface area contributed by atoms with E-state index in [1.54, 1.807) is 23.8 Å². The van der Waals surface area contributed by atoms with E-state index in [0.29, 0.717) is 16.7 Å². The number of H-pyrrole nitrogens is 1. The molecule has 9 heteroatoms. The van der Waals surface area contributed by atoms with E-state index in [0.717, 1.165) is 22.5 Å². The van der Waals surface area contributed by atoms with Crippen LogP contribution in [0.4, 0.5) is 5.00 Å². The highest BCUT2D eigenvalue weighted by Crippen LogP contribution is 2.28. The largest absolute Gasteiger partial charge is 0.324 e. The van der Waals surface area contributed by atoms with Crippen molar-refractivity contribution in [1.82, 2.24) is 20.2 Å². The molecule has 0 bridgehead atoms. The van der Waals surface area contributed by atoms with Gasteiger partial charge in [0.05, 0.1) is 4.92 Å². The summed E-state index contributed by atoms with van der Waals surface area (Å²) in [6.45, 7) is 0. The summed E-state index contributed by atoms with van der Waals surface area (Å²) < 4.78 is 0. The highest BCUT2D eigenvalue weighted by molar-refractivity contribution is 7.98. The molecule has 0 aliphatic carbocycles. The van der Waals surface area contributed by atoms with E-state index in [-0.39, 0.29) is 9.92 Å². The molecule has 3 aromatic rings. The standard InChI is InChI=1S/C12H9N5O2S2/c18-17(19)10-4-8(6-20-10)7-21-12-14-11(15-16-12)9-2-1-3-13-5-9/h1-6H,7H2,(H,14,15,16). The maximum Gasteiger partial charge on any atom is 0.324 e. The van der Waals surface area contributed by atoms with Gasteiger partial charge in [-0.2, -0.15) is 0 Å². The molecule has 3 rings (SSSR count). The minimum atomic E-state index is -0.383. The van der Waals surface area contributed by atoms with E-state index in [2.05, 4.69) is 20.2 Å². The van der Waals surface area contributed by atoms with Gasteiger partial charge >= 0.3 is 5.00 Å². The summed E-state index contributed by atoms with van der Waals surface area (Å²) in [5, 5.41) is 20.1. The summed E-state index contributed by atoms with van der Waals surface area (Å²) >= 11 is 2.55. The maximum absolute atomic E-state index is 10.6. The second-order valence-electron chi connectivity index (χ2n) is 4.05. The fourth-order valence-electron chi connectivity index (χ4n) is 1.62. The van der Waals surface area contributed by atoms with Crippen LogP contribution in [-0.4, -0.2) is 25.1 Å². The van der Waals surface area contributed by atoms with Crippen LogP contribution < -0.4 is 0 Å². The molecule has 0 fully saturated rings. The van der Waals surface area contributed by atoms with Crippen molar-refractivity contribution in [2.24, 2.45) is 0 Å².